The molecule has 0 N–H and O–H groups in total. The molecule has 522 valence electrons. The van der Waals surface area contributed by atoms with Gasteiger partial charge in [-0.05, 0) is 177 Å². The van der Waals surface area contributed by atoms with Crippen molar-refractivity contribution in [2.24, 2.45) is 0 Å². The number of rotatable bonds is 12. The van der Waals surface area contributed by atoms with Gasteiger partial charge in [0.1, 0.15) is 0 Å². The summed E-state index contributed by atoms with van der Waals surface area (Å²) in [7, 11) is 0. The molecule has 0 aliphatic carbocycles. The Morgan fingerprint density at radius 2 is 0.607 bits per heavy atom. The molecule has 2 aromatic heterocycles. The fourth-order valence-electron chi connectivity index (χ4n) is 18.8. The van der Waals surface area contributed by atoms with Gasteiger partial charge in [-0.2, -0.15) is 0 Å². The average Bonchev–Trinajstić information content (AvgIpc) is 0.778. The molecule has 6 nitrogen and oxygen atoms in total. The Hall–Kier alpha value is -13.9. The first kappa shape index (κ1) is 64.1. The van der Waals surface area contributed by atoms with Crippen LogP contribution in [0, 0.1) is 0 Å². The first-order chi connectivity index (χ1) is 55.6. The third-order valence-electron chi connectivity index (χ3n) is 23.3. The van der Waals surface area contributed by atoms with Crippen molar-refractivity contribution in [1.82, 2.24) is 0 Å². The van der Waals surface area contributed by atoms with E-state index in [1.54, 1.807) is 0 Å². The quantitative estimate of drug-likeness (QED) is 0.113. The van der Waals surface area contributed by atoms with Crippen LogP contribution in [-0.4, -0.2) is 13.4 Å². The van der Waals surface area contributed by atoms with Gasteiger partial charge >= 0.3 is 0 Å². The largest absolute Gasteiger partial charge is 0.311 e. The summed E-state index contributed by atoms with van der Waals surface area (Å²) in [6.45, 7) is -0.494. The maximum Gasteiger partial charge on any atom is 0.252 e. The number of hydrogen-bond acceptors (Lipinski definition) is 8. The van der Waals surface area contributed by atoms with Crippen LogP contribution in [0.3, 0.4) is 0 Å². The van der Waals surface area contributed by atoms with E-state index in [0.717, 1.165) is 125 Å². The van der Waals surface area contributed by atoms with Gasteiger partial charge in [0.15, 0.2) is 0 Å². The zero-order valence-corrected chi connectivity index (χ0v) is 62.4. The van der Waals surface area contributed by atoms with E-state index in [-0.39, 0.29) is 13.4 Å². The summed E-state index contributed by atoms with van der Waals surface area (Å²) in [6, 6.07) is 150. The summed E-state index contributed by atoms with van der Waals surface area (Å²) >= 11 is 3.73. The predicted molar refractivity (Wildman–Crippen MR) is 481 cm³/mol. The van der Waals surface area contributed by atoms with Crippen LogP contribution in [0.5, 0.6) is 0 Å². The molecule has 10 heteroatoms. The standard InChI is InChI=1S/C102H66B2N6S2/c1-8-33-67(34-9-1)76-49-30-50-77(68-35-10-2-11-36-68)101(76)110-86-55-27-25-53-82(86)104-84-65-83-89(66-90(84)109(73-45-20-7-21-46-73)93-63-75(64-94(110)100(93)104)106(70-39-14-4-15-40-70)88-57-31-51-79-78-47-22-28-58-95(78)112-102(79)88)108(72-43-18-6-19-44-72)92-62-74(61-91-99(92)103(83)81-52-24-26-54-85(81)107(91)71-41-16-5-17-42-71)105(69-37-12-3-13-38-69)87-56-32-60-97-98(87)80-48-23-29-59-96(80)111-97/h1-66H. The summed E-state index contributed by atoms with van der Waals surface area (Å²) in [5, 5.41) is 4.98. The first-order valence-corrected chi connectivity index (χ1v) is 40.1. The summed E-state index contributed by atoms with van der Waals surface area (Å²) < 4.78 is 4.99. The zero-order valence-electron chi connectivity index (χ0n) is 60.8. The van der Waals surface area contributed by atoms with Crippen LogP contribution in [0.4, 0.5) is 102 Å². The number of para-hydroxylation sites is 8. The van der Waals surface area contributed by atoms with Crippen LogP contribution in [-0.2, 0) is 0 Å². The minimum Gasteiger partial charge on any atom is -0.311 e. The third kappa shape index (κ3) is 9.92. The molecule has 0 fully saturated rings. The summed E-state index contributed by atoms with van der Waals surface area (Å²) in [5.41, 5.74) is 31.7. The Morgan fingerprint density at radius 1 is 0.232 bits per heavy atom. The van der Waals surface area contributed by atoms with Crippen molar-refractivity contribution in [3.63, 3.8) is 0 Å². The Balaban J connectivity index is 0.847. The monoisotopic (exact) mass is 1460 g/mol. The van der Waals surface area contributed by atoms with Crippen molar-refractivity contribution in [2.75, 3.05) is 29.4 Å². The molecule has 4 aliphatic heterocycles. The fourth-order valence-corrected chi connectivity index (χ4v) is 21.1. The summed E-state index contributed by atoms with van der Waals surface area (Å²) in [5.74, 6) is 0. The average molecular weight is 1460 g/mol. The van der Waals surface area contributed by atoms with E-state index < -0.39 is 0 Å². The van der Waals surface area contributed by atoms with Crippen LogP contribution in [0.15, 0.2) is 400 Å². The molecule has 112 heavy (non-hydrogen) atoms. The number of anilines is 18. The van der Waals surface area contributed by atoms with Crippen molar-refractivity contribution in [3.8, 4) is 22.3 Å². The highest BCUT2D eigenvalue weighted by Crippen LogP contribution is 2.56. The van der Waals surface area contributed by atoms with Crippen LogP contribution in [0.2, 0.25) is 0 Å². The van der Waals surface area contributed by atoms with Gasteiger partial charge in [0.2, 0.25) is 0 Å². The molecule has 0 unspecified atom stereocenters. The van der Waals surface area contributed by atoms with Crippen molar-refractivity contribution in [3.05, 3.63) is 400 Å². The molecule has 0 saturated heterocycles. The van der Waals surface area contributed by atoms with Gasteiger partial charge in [0.05, 0.1) is 33.1 Å². The molecule has 0 spiro atoms. The molecule has 0 saturated carbocycles. The van der Waals surface area contributed by atoms with E-state index in [9.17, 15) is 0 Å². The SMILES string of the molecule is c1ccc(-c2cccc(-c3ccccc3)c2N2c3ccccc3B3c4cc5c(cc4N(c4ccccc4)c4cc(N(c6ccccc6)c6cccc7c6sc6ccccc67)cc2c43)N(c2ccccc2)c2cc(N(c3ccccc3)c3cccc4sc6ccccc6c34)cc3c2B5c2ccccc2N3c2ccccc2)cc1. The van der Waals surface area contributed by atoms with E-state index in [1.165, 1.54) is 73.1 Å². The van der Waals surface area contributed by atoms with E-state index in [4.69, 9.17) is 0 Å². The molecule has 4 aliphatic rings. The molecule has 23 rings (SSSR count). The number of benzene rings is 17. The highest BCUT2D eigenvalue weighted by Gasteiger charge is 2.50. The number of thiophene rings is 2. The fraction of sp³-hybridized carbons (Fsp3) is 0. The molecular weight excluding hydrogens is 1390 g/mol. The number of fused-ring (bicyclic) bond motifs is 14. The number of hydrogen-bond donors (Lipinski definition) is 0. The summed E-state index contributed by atoms with van der Waals surface area (Å²) in [4.78, 5) is 15.5. The minimum atomic E-state index is -0.268. The molecule has 6 heterocycles. The van der Waals surface area contributed by atoms with Gasteiger partial charge in [-0.15, -0.1) is 22.7 Å². The lowest BCUT2D eigenvalue weighted by Gasteiger charge is -2.48. The van der Waals surface area contributed by atoms with E-state index in [2.05, 4.69) is 430 Å². The van der Waals surface area contributed by atoms with Gasteiger partial charge in [0.25, 0.3) is 13.4 Å². The molecule has 0 bridgehead atoms. The lowest BCUT2D eigenvalue weighted by Crippen LogP contribution is -2.65. The molecule has 0 atom stereocenters. The maximum absolute atomic E-state index is 2.67. The van der Waals surface area contributed by atoms with Gasteiger partial charge in [-0.25, -0.2) is 0 Å². The third-order valence-corrected chi connectivity index (χ3v) is 25.6. The molecule has 0 radical (unpaired) electrons. The molecule has 0 amide bonds. The maximum atomic E-state index is 2.67. The van der Waals surface area contributed by atoms with Crippen molar-refractivity contribution < 1.29 is 0 Å². The lowest BCUT2D eigenvalue weighted by atomic mass is 9.30. The zero-order chi connectivity index (χ0) is 73.5. The van der Waals surface area contributed by atoms with Crippen molar-refractivity contribution >= 4 is 212 Å². The molecular formula is C102H66B2N6S2. The van der Waals surface area contributed by atoms with Gasteiger partial charge < -0.3 is 29.4 Å². The highest BCUT2D eigenvalue weighted by atomic mass is 32.1. The minimum absolute atomic E-state index is 0.226. The van der Waals surface area contributed by atoms with E-state index >= 15 is 0 Å². The second-order valence-electron chi connectivity index (χ2n) is 29.4. The van der Waals surface area contributed by atoms with Gasteiger partial charge in [-0.1, -0.05) is 267 Å². The van der Waals surface area contributed by atoms with Gasteiger partial charge in [0, 0.05) is 121 Å². The second-order valence-corrected chi connectivity index (χ2v) is 31.5. The Labute approximate surface area is 658 Å². The van der Waals surface area contributed by atoms with E-state index in [1.807, 2.05) is 22.7 Å². The number of nitrogens with zero attached hydrogens (tertiary/aromatic N) is 6. The van der Waals surface area contributed by atoms with E-state index in [0.29, 0.717) is 0 Å². The predicted octanol–water partition coefficient (Wildman–Crippen LogP) is 24.9. The second kappa shape index (κ2) is 25.9. The molecule has 17 aromatic carbocycles. The normalized spacial score (nSPS) is 12.9. The topological polar surface area (TPSA) is 19.4 Å². The smallest absolute Gasteiger partial charge is 0.252 e. The highest BCUT2D eigenvalue weighted by molar-refractivity contribution is 7.26. The summed E-state index contributed by atoms with van der Waals surface area (Å²) in [6.07, 6.45) is 0. The lowest BCUT2D eigenvalue weighted by molar-refractivity contribution is 1.22. The Bertz CT molecular complexity index is 6890. The van der Waals surface area contributed by atoms with Crippen LogP contribution >= 0.6 is 22.7 Å². The van der Waals surface area contributed by atoms with Crippen LogP contribution in [0.1, 0.15) is 0 Å². The Kier molecular flexibility index (Phi) is 14.8. The van der Waals surface area contributed by atoms with Crippen molar-refractivity contribution in [2.45, 2.75) is 0 Å². The first-order valence-electron chi connectivity index (χ1n) is 38.5. The van der Waals surface area contributed by atoms with Gasteiger partial charge in [-0.3, -0.25) is 0 Å². The van der Waals surface area contributed by atoms with Crippen LogP contribution < -0.4 is 62.2 Å². The Morgan fingerprint density at radius 3 is 1.13 bits per heavy atom. The van der Waals surface area contributed by atoms with Crippen molar-refractivity contribution in [1.29, 1.82) is 0 Å². The van der Waals surface area contributed by atoms with Crippen LogP contribution in [0.25, 0.3) is 62.6 Å². The molecule has 19 aromatic rings.